The normalized spacial score (nSPS) is 18.7. The van der Waals surface area contributed by atoms with Crippen LogP contribution >= 0.6 is 0 Å². The molecule has 1 aliphatic rings. The van der Waals surface area contributed by atoms with Crippen LogP contribution in [0.25, 0.3) is 0 Å². The molecule has 0 bridgehead atoms. The summed E-state index contributed by atoms with van der Waals surface area (Å²) in [5.41, 5.74) is 5.81. The highest BCUT2D eigenvalue weighted by Crippen LogP contribution is 2.18. The molecule has 3 N–H and O–H groups in total. The number of nitrogens with zero attached hydrogens (tertiary/aromatic N) is 2. The van der Waals surface area contributed by atoms with Gasteiger partial charge in [-0.3, -0.25) is 4.99 Å². The second-order valence-electron chi connectivity index (χ2n) is 6.11. The number of nitrogens with two attached hydrogens (primary N) is 1. The van der Waals surface area contributed by atoms with E-state index in [1.165, 1.54) is 38.9 Å². The molecule has 118 valence electrons. The van der Waals surface area contributed by atoms with Crippen molar-refractivity contribution in [3.63, 3.8) is 0 Å². The first-order valence-corrected chi connectivity index (χ1v) is 7.87. The first-order chi connectivity index (χ1) is 9.61. The van der Waals surface area contributed by atoms with E-state index in [1.54, 1.807) is 7.11 Å². The number of hydrogen-bond donors (Lipinski definition) is 2. The molecule has 0 saturated carbocycles. The van der Waals surface area contributed by atoms with Gasteiger partial charge in [-0.05, 0) is 50.7 Å². The van der Waals surface area contributed by atoms with Crippen LogP contribution in [0, 0.1) is 11.8 Å². The van der Waals surface area contributed by atoms with Crippen LogP contribution < -0.4 is 11.1 Å². The van der Waals surface area contributed by atoms with E-state index in [1.807, 2.05) is 0 Å². The summed E-state index contributed by atoms with van der Waals surface area (Å²) in [5, 5.41) is 3.06. The standard InChI is InChI=1S/C15H32N4O/c1-13(2)4-8-19-9-5-14(6-10-19)12-18-15(16)17-7-11-20-3/h13-14H,4-12H2,1-3H3,(H3,16,17,18). The molecule has 0 amide bonds. The van der Waals surface area contributed by atoms with Crippen molar-refractivity contribution < 1.29 is 4.74 Å². The van der Waals surface area contributed by atoms with Gasteiger partial charge >= 0.3 is 0 Å². The van der Waals surface area contributed by atoms with E-state index in [2.05, 4.69) is 29.1 Å². The summed E-state index contributed by atoms with van der Waals surface area (Å²) in [4.78, 5) is 7.01. The van der Waals surface area contributed by atoms with Crippen LogP contribution in [0.3, 0.4) is 0 Å². The van der Waals surface area contributed by atoms with E-state index in [0.717, 1.165) is 19.0 Å². The van der Waals surface area contributed by atoms with Crippen molar-refractivity contribution in [1.82, 2.24) is 10.2 Å². The van der Waals surface area contributed by atoms with Gasteiger partial charge in [0.15, 0.2) is 5.96 Å². The molecule has 5 heteroatoms. The lowest BCUT2D eigenvalue weighted by Gasteiger charge is -2.31. The maximum Gasteiger partial charge on any atom is 0.188 e. The van der Waals surface area contributed by atoms with Crippen molar-refractivity contribution in [2.24, 2.45) is 22.6 Å². The van der Waals surface area contributed by atoms with E-state index in [4.69, 9.17) is 10.5 Å². The molecular weight excluding hydrogens is 252 g/mol. The van der Waals surface area contributed by atoms with E-state index in [9.17, 15) is 0 Å². The number of nitrogens with one attached hydrogen (secondary N) is 1. The Bertz CT molecular complexity index is 273. The first-order valence-electron chi connectivity index (χ1n) is 7.87. The lowest BCUT2D eigenvalue weighted by Crippen LogP contribution is -2.37. The molecule has 0 aliphatic carbocycles. The average Bonchev–Trinajstić information content (AvgIpc) is 2.44. The van der Waals surface area contributed by atoms with Crippen LogP contribution in [-0.4, -0.2) is 57.3 Å². The van der Waals surface area contributed by atoms with Crippen LogP contribution in [0.5, 0.6) is 0 Å². The molecule has 20 heavy (non-hydrogen) atoms. The third-order valence-electron chi connectivity index (χ3n) is 3.86. The minimum absolute atomic E-state index is 0.546. The van der Waals surface area contributed by atoms with Gasteiger partial charge in [-0.2, -0.15) is 0 Å². The number of methoxy groups -OCH3 is 1. The zero-order valence-electron chi connectivity index (χ0n) is 13.4. The van der Waals surface area contributed by atoms with Gasteiger partial charge in [0, 0.05) is 20.2 Å². The van der Waals surface area contributed by atoms with Crippen molar-refractivity contribution in [3.8, 4) is 0 Å². The molecule has 1 saturated heterocycles. The summed E-state index contributed by atoms with van der Waals surface area (Å²) in [7, 11) is 1.68. The van der Waals surface area contributed by atoms with Gasteiger partial charge in [0.2, 0.25) is 0 Å². The highest BCUT2D eigenvalue weighted by Gasteiger charge is 2.18. The zero-order valence-corrected chi connectivity index (χ0v) is 13.4. The topological polar surface area (TPSA) is 62.9 Å². The Kier molecular flexibility index (Phi) is 8.62. The molecule has 0 radical (unpaired) electrons. The van der Waals surface area contributed by atoms with Gasteiger partial charge in [-0.15, -0.1) is 0 Å². The smallest absolute Gasteiger partial charge is 0.188 e. The number of piperidine rings is 1. The maximum absolute atomic E-state index is 5.81. The van der Waals surface area contributed by atoms with Crippen LogP contribution in [0.4, 0.5) is 0 Å². The van der Waals surface area contributed by atoms with Crippen molar-refractivity contribution >= 4 is 5.96 Å². The predicted molar refractivity (Wildman–Crippen MR) is 85.0 cm³/mol. The van der Waals surface area contributed by atoms with Gasteiger partial charge in [0.1, 0.15) is 0 Å². The number of likely N-dealkylation sites (tertiary alicyclic amines) is 1. The van der Waals surface area contributed by atoms with Gasteiger partial charge < -0.3 is 20.7 Å². The molecule has 1 fully saturated rings. The van der Waals surface area contributed by atoms with Gasteiger partial charge in [-0.1, -0.05) is 13.8 Å². The number of rotatable bonds is 8. The van der Waals surface area contributed by atoms with Gasteiger partial charge in [0.05, 0.1) is 6.61 Å². The highest BCUT2D eigenvalue weighted by molar-refractivity contribution is 5.77. The molecule has 0 unspecified atom stereocenters. The summed E-state index contributed by atoms with van der Waals surface area (Å²) in [6.45, 7) is 10.5. The van der Waals surface area contributed by atoms with Gasteiger partial charge in [0.25, 0.3) is 0 Å². The molecule has 0 aromatic rings. The number of ether oxygens (including phenoxy) is 1. The number of guanidine groups is 1. The second kappa shape index (κ2) is 10.00. The van der Waals surface area contributed by atoms with Crippen LogP contribution in [0.1, 0.15) is 33.1 Å². The second-order valence-corrected chi connectivity index (χ2v) is 6.11. The first kappa shape index (κ1) is 17.2. The van der Waals surface area contributed by atoms with E-state index < -0.39 is 0 Å². The highest BCUT2D eigenvalue weighted by atomic mass is 16.5. The fourth-order valence-electron chi connectivity index (χ4n) is 2.40. The Morgan fingerprint density at radius 3 is 2.70 bits per heavy atom. The maximum atomic E-state index is 5.81. The number of aliphatic imine (C=N–C) groups is 1. The molecule has 0 aromatic carbocycles. The Morgan fingerprint density at radius 2 is 2.10 bits per heavy atom. The van der Waals surface area contributed by atoms with E-state index >= 15 is 0 Å². The largest absolute Gasteiger partial charge is 0.383 e. The van der Waals surface area contributed by atoms with E-state index in [-0.39, 0.29) is 0 Å². The van der Waals surface area contributed by atoms with Crippen molar-refractivity contribution in [2.45, 2.75) is 33.1 Å². The quantitative estimate of drug-likeness (QED) is 0.400. The molecular formula is C15H32N4O. The Morgan fingerprint density at radius 1 is 1.40 bits per heavy atom. The zero-order chi connectivity index (χ0) is 14.8. The molecule has 0 aromatic heterocycles. The predicted octanol–water partition coefficient (Wildman–Crippen LogP) is 1.30. The minimum atomic E-state index is 0.546. The molecule has 0 spiro atoms. The third kappa shape index (κ3) is 7.70. The molecule has 5 nitrogen and oxygen atoms in total. The molecule has 0 atom stereocenters. The lowest BCUT2D eigenvalue weighted by atomic mass is 9.96. The Labute approximate surface area is 124 Å². The SMILES string of the molecule is COCCNC(N)=NCC1CCN(CCC(C)C)CC1. The summed E-state index contributed by atoms with van der Waals surface area (Å²) in [5.74, 6) is 2.03. The average molecular weight is 284 g/mol. The fourth-order valence-corrected chi connectivity index (χ4v) is 2.40. The molecule has 1 heterocycles. The summed E-state index contributed by atoms with van der Waals surface area (Å²) in [6, 6.07) is 0. The third-order valence-corrected chi connectivity index (χ3v) is 3.86. The minimum Gasteiger partial charge on any atom is -0.383 e. The van der Waals surface area contributed by atoms with Crippen LogP contribution in [0.2, 0.25) is 0 Å². The fraction of sp³-hybridized carbons (Fsp3) is 0.933. The summed E-state index contributed by atoms with van der Waals surface area (Å²) < 4.78 is 4.96. The molecule has 1 rings (SSSR count). The Hall–Kier alpha value is -0.810. The monoisotopic (exact) mass is 284 g/mol. The summed E-state index contributed by atoms with van der Waals surface area (Å²) in [6.07, 6.45) is 3.79. The molecule has 1 aliphatic heterocycles. The van der Waals surface area contributed by atoms with Crippen LogP contribution in [0.15, 0.2) is 4.99 Å². The van der Waals surface area contributed by atoms with Crippen LogP contribution in [-0.2, 0) is 4.74 Å². The summed E-state index contributed by atoms with van der Waals surface area (Å²) >= 11 is 0. The van der Waals surface area contributed by atoms with Crippen molar-refractivity contribution in [3.05, 3.63) is 0 Å². The van der Waals surface area contributed by atoms with Crippen molar-refractivity contribution in [2.75, 3.05) is 46.4 Å². The van der Waals surface area contributed by atoms with Gasteiger partial charge in [-0.25, -0.2) is 0 Å². The lowest BCUT2D eigenvalue weighted by molar-refractivity contribution is 0.180. The van der Waals surface area contributed by atoms with E-state index in [0.29, 0.717) is 18.5 Å². The Balaban J connectivity index is 2.13. The van der Waals surface area contributed by atoms with Crippen molar-refractivity contribution in [1.29, 1.82) is 0 Å². The number of hydrogen-bond acceptors (Lipinski definition) is 3.